The molecule has 0 heterocycles. The van der Waals surface area contributed by atoms with Crippen LogP contribution in [0.3, 0.4) is 0 Å². The lowest BCUT2D eigenvalue weighted by atomic mass is 9.87. The number of hydrogen-bond acceptors (Lipinski definition) is 5. The Morgan fingerprint density at radius 3 is 2.03 bits per heavy atom. The van der Waals surface area contributed by atoms with Crippen LogP contribution in [0.2, 0.25) is 0 Å². The van der Waals surface area contributed by atoms with E-state index in [1.165, 1.54) is 5.56 Å². The maximum atomic E-state index is 11.8. The zero-order chi connectivity index (χ0) is 23.1. The molecule has 5 nitrogen and oxygen atoms in total. The Balaban J connectivity index is 1.90. The Hall–Kier alpha value is -3.47. The fourth-order valence-electron chi connectivity index (χ4n) is 3.16. The zero-order valence-electron chi connectivity index (χ0n) is 19.3. The predicted octanol–water partition coefficient (Wildman–Crippen LogP) is 6.39. The first kappa shape index (κ1) is 23.2. The highest BCUT2D eigenvalue weighted by atomic mass is 16.6. The van der Waals surface area contributed by atoms with Gasteiger partial charge < -0.3 is 18.9 Å². The van der Waals surface area contributed by atoms with E-state index < -0.39 is 5.97 Å². The summed E-state index contributed by atoms with van der Waals surface area (Å²) >= 11 is 0. The maximum Gasteiger partial charge on any atom is 0.344 e. The third-order valence-corrected chi connectivity index (χ3v) is 4.97. The van der Waals surface area contributed by atoms with Gasteiger partial charge in [-0.05, 0) is 65.4 Å². The molecule has 0 atom stereocenters. The summed E-state index contributed by atoms with van der Waals surface area (Å²) < 4.78 is 22.1. The van der Waals surface area contributed by atoms with Crippen LogP contribution in [-0.4, -0.2) is 26.3 Å². The molecule has 0 unspecified atom stereocenters. The van der Waals surface area contributed by atoms with Crippen molar-refractivity contribution >= 4 is 5.97 Å². The normalized spacial score (nSPS) is 11.0. The van der Waals surface area contributed by atoms with Crippen LogP contribution < -0.4 is 14.2 Å². The summed E-state index contributed by atoms with van der Waals surface area (Å²) in [7, 11) is 1.64. The molecule has 3 aromatic rings. The van der Waals surface area contributed by atoms with E-state index in [1.807, 2.05) is 48.5 Å². The molecule has 32 heavy (non-hydrogen) atoms. The third-order valence-electron chi connectivity index (χ3n) is 4.97. The summed E-state index contributed by atoms with van der Waals surface area (Å²) in [4.78, 5) is 11.8. The van der Waals surface area contributed by atoms with E-state index in [0.29, 0.717) is 23.9 Å². The van der Waals surface area contributed by atoms with Crippen molar-refractivity contribution in [2.45, 2.75) is 33.1 Å². The zero-order valence-corrected chi connectivity index (χ0v) is 19.3. The van der Waals surface area contributed by atoms with Crippen molar-refractivity contribution < 1.29 is 23.7 Å². The summed E-state index contributed by atoms with van der Waals surface area (Å²) in [5.74, 6) is 2.04. The molecule has 0 saturated heterocycles. The molecule has 0 saturated carbocycles. The van der Waals surface area contributed by atoms with Crippen molar-refractivity contribution in [3.05, 3.63) is 72.3 Å². The molecule has 0 amide bonds. The Labute approximate surface area is 189 Å². The number of methoxy groups -OCH3 is 1. The second-order valence-corrected chi connectivity index (χ2v) is 8.36. The number of benzene rings is 3. The van der Waals surface area contributed by atoms with E-state index in [2.05, 4.69) is 32.9 Å². The van der Waals surface area contributed by atoms with Crippen molar-refractivity contribution in [2.75, 3.05) is 20.3 Å². The van der Waals surface area contributed by atoms with Crippen molar-refractivity contribution in [1.82, 2.24) is 0 Å². The van der Waals surface area contributed by atoms with E-state index in [1.54, 1.807) is 20.1 Å². The fourth-order valence-corrected chi connectivity index (χ4v) is 3.16. The number of carbonyl (C=O) groups is 1. The lowest BCUT2D eigenvalue weighted by Gasteiger charge is -2.19. The van der Waals surface area contributed by atoms with Gasteiger partial charge in [-0.25, -0.2) is 4.79 Å². The molecule has 0 spiro atoms. The van der Waals surface area contributed by atoms with Crippen LogP contribution in [0.5, 0.6) is 23.0 Å². The predicted molar refractivity (Wildman–Crippen MR) is 126 cm³/mol. The first-order valence-electron chi connectivity index (χ1n) is 10.7. The van der Waals surface area contributed by atoms with Crippen LogP contribution in [0.25, 0.3) is 11.1 Å². The van der Waals surface area contributed by atoms with E-state index in [-0.39, 0.29) is 12.0 Å². The molecule has 0 N–H and O–H groups in total. The Morgan fingerprint density at radius 1 is 0.812 bits per heavy atom. The molecular weight excluding hydrogens is 404 g/mol. The highest BCUT2D eigenvalue weighted by molar-refractivity contribution is 5.72. The van der Waals surface area contributed by atoms with Crippen LogP contribution in [0.15, 0.2) is 66.7 Å². The first-order chi connectivity index (χ1) is 15.3. The number of carbonyl (C=O) groups excluding carboxylic acids is 1. The van der Waals surface area contributed by atoms with Crippen molar-refractivity contribution in [2.24, 2.45) is 0 Å². The topological polar surface area (TPSA) is 54.0 Å². The van der Waals surface area contributed by atoms with Gasteiger partial charge in [-0.3, -0.25) is 0 Å². The van der Waals surface area contributed by atoms with Gasteiger partial charge >= 0.3 is 5.97 Å². The van der Waals surface area contributed by atoms with Gasteiger partial charge in [0.15, 0.2) is 18.1 Å². The van der Waals surface area contributed by atoms with Crippen molar-refractivity contribution in [3.63, 3.8) is 0 Å². The lowest BCUT2D eigenvalue weighted by Crippen LogP contribution is -2.14. The summed E-state index contributed by atoms with van der Waals surface area (Å²) in [5.41, 5.74) is 3.24. The van der Waals surface area contributed by atoms with Gasteiger partial charge in [0.1, 0.15) is 11.5 Å². The van der Waals surface area contributed by atoms with Gasteiger partial charge in [-0.15, -0.1) is 0 Å². The minimum absolute atomic E-state index is 0.0563. The van der Waals surface area contributed by atoms with Gasteiger partial charge in [0, 0.05) is 0 Å². The highest BCUT2D eigenvalue weighted by Crippen LogP contribution is 2.37. The summed E-state index contributed by atoms with van der Waals surface area (Å²) in [6, 6.07) is 21.4. The molecule has 0 aliphatic rings. The second-order valence-electron chi connectivity index (χ2n) is 8.36. The third kappa shape index (κ3) is 6.03. The number of ether oxygens (including phenoxy) is 4. The average molecular weight is 435 g/mol. The standard InChI is InChI=1S/C27H30O5/c1-6-30-26(28)18-31-24-16-9-20(19-7-12-22(29-5)13-8-19)17-25(24)32-23-14-10-21(11-15-23)27(2,3)4/h7-17H,6,18H2,1-5H3. The molecule has 5 heteroatoms. The minimum atomic E-state index is -0.424. The van der Waals surface area contributed by atoms with Gasteiger partial charge in [-0.1, -0.05) is 51.1 Å². The number of rotatable bonds is 8. The SMILES string of the molecule is CCOC(=O)COc1ccc(-c2ccc(OC)cc2)cc1Oc1ccc(C(C)(C)C)cc1. The monoisotopic (exact) mass is 434 g/mol. The molecular formula is C27H30O5. The van der Waals surface area contributed by atoms with Gasteiger partial charge in [-0.2, -0.15) is 0 Å². The molecule has 0 fully saturated rings. The van der Waals surface area contributed by atoms with Gasteiger partial charge in [0.25, 0.3) is 0 Å². The first-order valence-corrected chi connectivity index (χ1v) is 10.7. The smallest absolute Gasteiger partial charge is 0.344 e. The second kappa shape index (κ2) is 10.2. The van der Waals surface area contributed by atoms with Crippen molar-refractivity contribution in [3.8, 4) is 34.1 Å². The molecule has 0 aliphatic heterocycles. The lowest BCUT2D eigenvalue weighted by molar-refractivity contribution is -0.145. The Morgan fingerprint density at radius 2 is 1.44 bits per heavy atom. The molecule has 0 aromatic heterocycles. The fraction of sp³-hybridized carbons (Fsp3) is 0.296. The molecule has 3 aromatic carbocycles. The Bertz CT molecular complexity index is 1030. The van der Waals surface area contributed by atoms with Gasteiger partial charge in [0.2, 0.25) is 0 Å². The van der Waals surface area contributed by atoms with E-state index in [4.69, 9.17) is 18.9 Å². The quantitative estimate of drug-likeness (QED) is 0.384. The minimum Gasteiger partial charge on any atom is -0.497 e. The van der Waals surface area contributed by atoms with Crippen LogP contribution in [-0.2, 0) is 14.9 Å². The van der Waals surface area contributed by atoms with Crippen LogP contribution >= 0.6 is 0 Å². The van der Waals surface area contributed by atoms with Crippen LogP contribution in [0.1, 0.15) is 33.3 Å². The van der Waals surface area contributed by atoms with E-state index in [9.17, 15) is 4.79 Å². The van der Waals surface area contributed by atoms with E-state index >= 15 is 0 Å². The molecule has 0 radical (unpaired) electrons. The summed E-state index contributed by atoms with van der Waals surface area (Å²) in [6.45, 7) is 8.39. The molecule has 0 aliphatic carbocycles. The maximum absolute atomic E-state index is 11.8. The molecule has 168 valence electrons. The van der Waals surface area contributed by atoms with Crippen molar-refractivity contribution in [1.29, 1.82) is 0 Å². The summed E-state index contributed by atoms with van der Waals surface area (Å²) in [6.07, 6.45) is 0. The van der Waals surface area contributed by atoms with E-state index in [0.717, 1.165) is 16.9 Å². The molecule has 3 rings (SSSR count). The van der Waals surface area contributed by atoms with Crippen LogP contribution in [0, 0.1) is 0 Å². The average Bonchev–Trinajstić information content (AvgIpc) is 2.78. The Kier molecular flexibility index (Phi) is 7.41. The highest BCUT2D eigenvalue weighted by Gasteiger charge is 2.15. The van der Waals surface area contributed by atoms with Gasteiger partial charge in [0.05, 0.1) is 13.7 Å². The number of hydrogen-bond donors (Lipinski definition) is 0. The number of esters is 1. The largest absolute Gasteiger partial charge is 0.497 e. The molecule has 0 bridgehead atoms. The van der Waals surface area contributed by atoms with Crippen LogP contribution in [0.4, 0.5) is 0 Å². The summed E-state index contributed by atoms with van der Waals surface area (Å²) in [5, 5.41) is 0.